The van der Waals surface area contributed by atoms with Gasteiger partial charge in [0.05, 0.1) is 0 Å². The average Bonchev–Trinajstić information content (AvgIpc) is 0.722. The Labute approximate surface area is 100.0 Å². The molecule has 0 aromatic carbocycles. The van der Waals surface area contributed by atoms with E-state index in [1.807, 2.05) is 0 Å². The second-order valence-corrected chi connectivity index (χ2v) is 1.80. The van der Waals surface area contributed by atoms with Gasteiger partial charge in [0.25, 0.3) is 0 Å². The Kier molecular flexibility index (Phi) is 15.2. The van der Waals surface area contributed by atoms with Crippen LogP contribution in [0.1, 0.15) is 0 Å². The van der Waals surface area contributed by atoms with E-state index < -0.39 is 9.05 Å². The van der Waals surface area contributed by atoms with Crippen LogP contribution in [0.3, 0.4) is 0 Å². The van der Waals surface area contributed by atoms with E-state index >= 15 is 0 Å². The summed E-state index contributed by atoms with van der Waals surface area (Å²) in [6.07, 6.45) is 0. The second kappa shape index (κ2) is 6.55. The predicted molar refractivity (Wildman–Crippen MR) is 21.8 cm³/mol. The first-order valence-corrected chi connectivity index (χ1v) is 2.68. The summed E-state index contributed by atoms with van der Waals surface area (Å²) in [5, 5.41) is 0. The minimum atomic E-state index is -4.61. The van der Waals surface area contributed by atoms with Gasteiger partial charge in [-0.15, -0.1) is 0 Å². The van der Waals surface area contributed by atoms with Gasteiger partial charge in [-0.2, -0.15) is 0 Å². The Morgan fingerprint density at radius 2 is 0.857 bits per heavy atom. The third-order valence-corrected chi connectivity index (χ3v) is 0. The van der Waals surface area contributed by atoms with Crippen molar-refractivity contribution in [3.63, 3.8) is 0 Å². The molecular formula is H5AgKO4Si. The molecule has 0 aliphatic rings. The number of hydrogen-bond donors (Lipinski definition) is 4. The fraction of sp³-hybridized carbons (Fsp3) is 0. The van der Waals surface area contributed by atoms with Gasteiger partial charge in [-0.3, -0.25) is 0 Å². The van der Waals surface area contributed by atoms with Gasteiger partial charge in [0.1, 0.15) is 0 Å². The van der Waals surface area contributed by atoms with Crippen LogP contribution in [-0.2, 0) is 22.4 Å². The molecule has 0 saturated carbocycles. The summed E-state index contributed by atoms with van der Waals surface area (Å²) in [4.78, 5) is 29.3. The molecule has 4 N–H and O–H groups in total. The van der Waals surface area contributed by atoms with Crippen LogP contribution in [0.4, 0.5) is 0 Å². The minimum absolute atomic E-state index is 0. The zero-order valence-electron chi connectivity index (χ0n) is 2.59. The molecule has 0 saturated heterocycles. The zero-order chi connectivity index (χ0) is 4.50. The summed E-state index contributed by atoms with van der Waals surface area (Å²) < 4.78 is 0. The van der Waals surface area contributed by atoms with Gasteiger partial charge in [-0.1, -0.05) is 0 Å². The molecule has 0 rings (SSSR count). The van der Waals surface area contributed by atoms with E-state index in [1.165, 1.54) is 0 Å². The van der Waals surface area contributed by atoms with Crippen LogP contribution in [0, 0.1) is 0 Å². The number of rotatable bonds is 0. The van der Waals surface area contributed by atoms with Gasteiger partial charge in [-0.25, -0.2) is 0 Å². The predicted octanol–water partition coefficient (Wildman–Crippen LogP) is -3.26. The van der Waals surface area contributed by atoms with Crippen molar-refractivity contribution in [2.45, 2.75) is 0 Å². The average molecular weight is 244 g/mol. The fourth-order valence-corrected chi connectivity index (χ4v) is 0. The van der Waals surface area contributed by atoms with Gasteiger partial charge < -0.3 is 19.2 Å². The maximum atomic E-state index is 7.33. The third-order valence-electron chi connectivity index (χ3n) is 0. The molecule has 45 valence electrons. The first-order valence-electron chi connectivity index (χ1n) is 0.894. The van der Waals surface area contributed by atoms with Crippen molar-refractivity contribution in [3.8, 4) is 0 Å². The molecule has 0 amide bonds. The van der Waals surface area contributed by atoms with Crippen molar-refractivity contribution in [1.82, 2.24) is 0 Å². The van der Waals surface area contributed by atoms with Crippen LogP contribution in [0.5, 0.6) is 0 Å². The molecule has 0 atom stereocenters. The van der Waals surface area contributed by atoms with Crippen molar-refractivity contribution in [2.75, 3.05) is 0 Å². The van der Waals surface area contributed by atoms with Crippen LogP contribution < -0.4 is 0 Å². The molecule has 0 unspecified atom stereocenters. The van der Waals surface area contributed by atoms with E-state index in [1.54, 1.807) is 0 Å². The molecule has 1 radical (unpaired) electrons. The quantitative estimate of drug-likeness (QED) is 0.337. The van der Waals surface area contributed by atoms with Crippen molar-refractivity contribution >= 4 is 60.4 Å². The summed E-state index contributed by atoms with van der Waals surface area (Å²) in [6, 6.07) is 0. The molecule has 7 heavy (non-hydrogen) atoms. The standard InChI is InChI=1S/Ag.K.H4O4Si.H/c;;1-5(2,3)4;/h;;1-4H;. The Morgan fingerprint density at radius 3 is 0.857 bits per heavy atom. The third kappa shape index (κ3) is 58.9. The maximum absolute atomic E-state index is 7.33. The van der Waals surface area contributed by atoms with Crippen LogP contribution in [0.15, 0.2) is 0 Å². The van der Waals surface area contributed by atoms with Crippen LogP contribution in [-0.4, -0.2) is 79.6 Å². The molecule has 0 bridgehead atoms. The molecule has 0 aliphatic carbocycles. The van der Waals surface area contributed by atoms with E-state index in [2.05, 4.69) is 0 Å². The fourth-order valence-electron chi connectivity index (χ4n) is 0. The molecule has 0 fully saturated rings. The van der Waals surface area contributed by atoms with Crippen molar-refractivity contribution in [3.05, 3.63) is 0 Å². The Bertz CT molecular complexity index is 27.2. The van der Waals surface area contributed by atoms with Crippen molar-refractivity contribution < 1.29 is 41.6 Å². The Balaban J connectivity index is -0.0000000800. The van der Waals surface area contributed by atoms with E-state index in [4.69, 9.17) is 19.2 Å². The van der Waals surface area contributed by atoms with E-state index in [0.717, 1.165) is 0 Å². The van der Waals surface area contributed by atoms with Gasteiger partial charge >= 0.3 is 60.4 Å². The summed E-state index contributed by atoms with van der Waals surface area (Å²) in [6.45, 7) is 0. The summed E-state index contributed by atoms with van der Waals surface area (Å²) in [5.74, 6) is 0. The Hall–Kier alpha value is 2.43. The molecular weight excluding hydrogens is 239 g/mol. The second-order valence-electron chi connectivity index (χ2n) is 0.600. The molecule has 0 heterocycles. The van der Waals surface area contributed by atoms with Gasteiger partial charge in [0.2, 0.25) is 0 Å². The topological polar surface area (TPSA) is 80.9 Å². The van der Waals surface area contributed by atoms with E-state index in [-0.39, 0.29) is 73.8 Å². The molecule has 4 nitrogen and oxygen atoms in total. The first-order chi connectivity index (χ1) is 2.00. The summed E-state index contributed by atoms with van der Waals surface area (Å²) >= 11 is 0. The molecule has 7 heteroatoms. The van der Waals surface area contributed by atoms with Crippen LogP contribution in [0.25, 0.3) is 0 Å². The van der Waals surface area contributed by atoms with E-state index in [9.17, 15) is 0 Å². The summed E-state index contributed by atoms with van der Waals surface area (Å²) in [7, 11) is -4.61. The first kappa shape index (κ1) is 16.2. The molecule has 0 aromatic rings. The summed E-state index contributed by atoms with van der Waals surface area (Å²) in [5.41, 5.74) is 0. The number of hydrogen-bond acceptors (Lipinski definition) is 4. The van der Waals surface area contributed by atoms with Gasteiger partial charge in [-0.05, 0) is 0 Å². The van der Waals surface area contributed by atoms with Crippen molar-refractivity contribution in [2.24, 2.45) is 0 Å². The van der Waals surface area contributed by atoms with Gasteiger partial charge in [0, 0.05) is 22.4 Å². The van der Waals surface area contributed by atoms with Crippen molar-refractivity contribution in [1.29, 1.82) is 0 Å². The normalized spacial score (nSPS) is 8.57. The van der Waals surface area contributed by atoms with Crippen LogP contribution in [0.2, 0.25) is 0 Å². The Morgan fingerprint density at radius 1 is 0.857 bits per heavy atom. The molecule has 0 spiro atoms. The van der Waals surface area contributed by atoms with E-state index in [0.29, 0.717) is 0 Å². The zero-order valence-corrected chi connectivity index (χ0v) is 5.07. The molecule has 0 aliphatic heterocycles. The monoisotopic (exact) mass is 243 g/mol. The SMILES string of the molecule is O[Si](O)(O)O.[Ag].[KH]. The van der Waals surface area contributed by atoms with Gasteiger partial charge in [0.15, 0.2) is 0 Å². The van der Waals surface area contributed by atoms with Crippen LogP contribution >= 0.6 is 0 Å². The molecule has 0 aromatic heterocycles.